The highest BCUT2D eigenvalue weighted by Crippen LogP contribution is 2.51. The molecule has 0 radical (unpaired) electrons. The normalized spacial score (nSPS) is 17.1. The summed E-state index contributed by atoms with van der Waals surface area (Å²) in [5.41, 5.74) is 8.21. The Labute approximate surface area is 182 Å². The molecule has 6 nitrogen and oxygen atoms in total. The highest BCUT2D eigenvalue weighted by molar-refractivity contribution is 14.0. The van der Waals surface area contributed by atoms with Gasteiger partial charge in [0.1, 0.15) is 5.75 Å². The number of anilines is 1. The Morgan fingerprint density at radius 2 is 1.89 bits per heavy atom. The van der Waals surface area contributed by atoms with Crippen molar-refractivity contribution < 1.29 is 14.2 Å². The van der Waals surface area contributed by atoms with Crippen LogP contribution in [0, 0.1) is 0 Å². The number of nitrogens with two attached hydrogens (primary N) is 1. The quantitative estimate of drug-likeness (QED) is 0.374. The lowest BCUT2D eigenvalue weighted by Gasteiger charge is -2.17. The van der Waals surface area contributed by atoms with Crippen LogP contribution in [0.4, 0.5) is 5.69 Å². The molecule has 1 heterocycles. The highest BCUT2D eigenvalue weighted by atomic mass is 127. The van der Waals surface area contributed by atoms with Gasteiger partial charge in [-0.15, -0.1) is 24.0 Å². The van der Waals surface area contributed by atoms with Gasteiger partial charge >= 0.3 is 0 Å². The van der Waals surface area contributed by atoms with E-state index in [0.29, 0.717) is 25.7 Å². The van der Waals surface area contributed by atoms with Crippen LogP contribution in [0.25, 0.3) is 0 Å². The lowest BCUT2D eigenvalue weighted by atomic mass is 9.95. The molecule has 2 aliphatic rings. The highest BCUT2D eigenvalue weighted by Gasteiger charge is 2.45. The predicted molar refractivity (Wildman–Crippen MR) is 121 cm³/mol. The first-order valence-corrected chi connectivity index (χ1v) is 9.30. The third kappa shape index (κ3) is 4.45. The molecule has 7 heteroatoms. The van der Waals surface area contributed by atoms with E-state index in [-0.39, 0.29) is 29.4 Å². The van der Waals surface area contributed by atoms with Crippen molar-refractivity contribution in [3.05, 3.63) is 48.0 Å². The van der Waals surface area contributed by atoms with E-state index in [1.54, 1.807) is 7.11 Å². The van der Waals surface area contributed by atoms with Crippen LogP contribution in [0.15, 0.2) is 47.5 Å². The predicted octanol–water partition coefficient (Wildman–Crippen LogP) is 3.93. The number of halogens is 1. The maximum absolute atomic E-state index is 6.13. The number of hydrogen-bond donors (Lipinski definition) is 2. The number of benzene rings is 2. The van der Waals surface area contributed by atoms with Gasteiger partial charge in [0.15, 0.2) is 17.5 Å². The summed E-state index contributed by atoms with van der Waals surface area (Å²) in [4.78, 5) is 4.59. The summed E-state index contributed by atoms with van der Waals surface area (Å²) in [6.45, 7) is 1.96. The van der Waals surface area contributed by atoms with Crippen molar-refractivity contribution in [2.24, 2.45) is 10.7 Å². The number of methoxy groups -OCH3 is 1. The first-order chi connectivity index (χ1) is 13.2. The number of fused-ring (bicyclic) bond motifs is 1. The largest absolute Gasteiger partial charge is 0.496 e. The molecule has 0 bridgehead atoms. The summed E-state index contributed by atoms with van der Waals surface area (Å²) in [5, 5.41) is 3.15. The SMILES string of the molecule is COc1ccccc1C1(CN=C(N)Nc2ccc3c(c2)OCCCO3)CC1.I. The molecule has 0 amide bonds. The van der Waals surface area contributed by atoms with Crippen molar-refractivity contribution in [1.29, 1.82) is 0 Å². The van der Waals surface area contributed by atoms with E-state index in [1.807, 2.05) is 36.4 Å². The second-order valence-electron chi connectivity index (χ2n) is 7.02. The number of nitrogens with zero attached hydrogens (tertiary/aromatic N) is 1. The zero-order chi connectivity index (χ0) is 18.7. The minimum absolute atomic E-state index is 0. The van der Waals surface area contributed by atoms with E-state index in [4.69, 9.17) is 19.9 Å². The number of nitrogens with one attached hydrogen (secondary N) is 1. The van der Waals surface area contributed by atoms with Gasteiger partial charge in [0.25, 0.3) is 0 Å². The summed E-state index contributed by atoms with van der Waals surface area (Å²) in [6.07, 6.45) is 3.06. The molecular formula is C21H26IN3O3. The standard InChI is InChI=1S/C21H25N3O3.HI/c1-25-17-6-3-2-5-16(17)21(9-10-21)14-23-20(22)24-15-7-8-18-19(13-15)27-12-4-11-26-18;/h2-3,5-8,13H,4,9-12,14H2,1H3,(H3,22,23,24);1H. The number of aliphatic imine (C=N–C) groups is 1. The molecule has 0 unspecified atom stereocenters. The molecule has 28 heavy (non-hydrogen) atoms. The van der Waals surface area contributed by atoms with Gasteiger partial charge < -0.3 is 25.3 Å². The van der Waals surface area contributed by atoms with Crippen LogP contribution in [0.3, 0.4) is 0 Å². The summed E-state index contributed by atoms with van der Waals surface area (Å²) >= 11 is 0. The molecule has 1 fully saturated rings. The van der Waals surface area contributed by atoms with E-state index in [9.17, 15) is 0 Å². The minimum Gasteiger partial charge on any atom is -0.496 e. The van der Waals surface area contributed by atoms with E-state index in [2.05, 4.69) is 16.4 Å². The summed E-state index contributed by atoms with van der Waals surface area (Å²) in [5.74, 6) is 2.81. The zero-order valence-corrected chi connectivity index (χ0v) is 18.3. The average molecular weight is 495 g/mol. The molecule has 0 spiro atoms. The Hall–Kier alpha value is -2.16. The van der Waals surface area contributed by atoms with Crippen LogP contribution in [0.2, 0.25) is 0 Å². The van der Waals surface area contributed by atoms with E-state index in [0.717, 1.165) is 42.2 Å². The molecule has 1 aliphatic carbocycles. The molecule has 4 rings (SSSR count). The fourth-order valence-corrected chi connectivity index (χ4v) is 3.41. The first-order valence-electron chi connectivity index (χ1n) is 9.30. The summed E-state index contributed by atoms with van der Waals surface area (Å²) < 4.78 is 16.9. The van der Waals surface area contributed by atoms with Crippen molar-refractivity contribution in [2.75, 3.05) is 32.2 Å². The number of rotatable bonds is 5. The zero-order valence-electron chi connectivity index (χ0n) is 15.9. The molecule has 2 aromatic carbocycles. The van der Waals surface area contributed by atoms with Crippen molar-refractivity contribution in [1.82, 2.24) is 0 Å². The third-order valence-electron chi connectivity index (χ3n) is 5.10. The van der Waals surface area contributed by atoms with Gasteiger partial charge in [0.2, 0.25) is 0 Å². The molecule has 3 N–H and O–H groups in total. The van der Waals surface area contributed by atoms with Crippen molar-refractivity contribution in [3.63, 3.8) is 0 Å². The Bertz CT molecular complexity index is 853. The maximum Gasteiger partial charge on any atom is 0.193 e. The number of ether oxygens (including phenoxy) is 3. The van der Waals surface area contributed by atoms with Crippen LogP contribution in [-0.4, -0.2) is 32.8 Å². The van der Waals surface area contributed by atoms with E-state index < -0.39 is 0 Å². The second kappa shape index (κ2) is 8.89. The first kappa shape index (κ1) is 20.6. The lowest BCUT2D eigenvalue weighted by Crippen LogP contribution is -2.25. The number of hydrogen-bond acceptors (Lipinski definition) is 4. The van der Waals surface area contributed by atoms with E-state index in [1.165, 1.54) is 5.56 Å². The van der Waals surface area contributed by atoms with Gasteiger partial charge in [0.05, 0.1) is 26.9 Å². The monoisotopic (exact) mass is 495 g/mol. The second-order valence-corrected chi connectivity index (χ2v) is 7.02. The molecule has 1 aliphatic heterocycles. The van der Waals surface area contributed by atoms with Crippen LogP contribution in [0.1, 0.15) is 24.8 Å². The Morgan fingerprint density at radius 3 is 2.64 bits per heavy atom. The minimum atomic E-state index is 0. The van der Waals surface area contributed by atoms with Crippen molar-refractivity contribution in [2.45, 2.75) is 24.7 Å². The Morgan fingerprint density at radius 1 is 1.14 bits per heavy atom. The fraction of sp³-hybridized carbons (Fsp3) is 0.381. The summed E-state index contributed by atoms with van der Waals surface area (Å²) in [7, 11) is 1.71. The van der Waals surface area contributed by atoms with Gasteiger partial charge in [-0.3, -0.25) is 4.99 Å². The van der Waals surface area contributed by atoms with Crippen molar-refractivity contribution in [3.8, 4) is 17.2 Å². The van der Waals surface area contributed by atoms with Crippen molar-refractivity contribution >= 4 is 35.6 Å². The number of guanidine groups is 1. The van der Waals surface area contributed by atoms with Crippen LogP contribution in [0.5, 0.6) is 17.2 Å². The summed E-state index contributed by atoms with van der Waals surface area (Å²) in [6, 6.07) is 13.9. The van der Waals surface area contributed by atoms with E-state index >= 15 is 0 Å². The molecule has 1 saturated carbocycles. The van der Waals surface area contributed by atoms with Gasteiger partial charge in [0, 0.05) is 29.2 Å². The van der Waals surface area contributed by atoms with Gasteiger partial charge in [-0.05, 0) is 31.0 Å². The molecule has 0 atom stereocenters. The topological polar surface area (TPSA) is 78.1 Å². The Balaban J connectivity index is 0.00000225. The molecular weight excluding hydrogens is 469 g/mol. The number of para-hydroxylation sites is 1. The Kier molecular flexibility index (Phi) is 6.53. The van der Waals surface area contributed by atoms with Crippen LogP contribution >= 0.6 is 24.0 Å². The molecule has 2 aromatic rings. The third-order valence-corrected chi connectivity index (χ3v) is 5.10. The molecule has 150 valence electrons. The maximum atomic E-state index is 6.13. The van der Waals surface area contributed by atoms with Gasteiger partial charge in [-0.1, -0.05) is 18.2 Å². The van der Waals surface area contributed by atoms with Crippen LogP contribution < -0.4 is 25.3 Å². The van der Waals surface area contributed by atoms with Crippen LogP contribution in [-0.2, 0) is 5.41 Å². The van der Waals surface area contributed by atoms with Gasteiger partial charge in [-0.25, -0.2) is 0 Å². The average Bonchev–Trinajstić information content (AvgIpc) is 3.51. The lowest BCUT2D eigenvalue weighted by molar-refractivity contribution is 0.297. The fourth-order valence-electron chi connectivity index (χ4n) is 3.41. The molecule has 0 saturated heterocycles. The van der Waals surface area contributed by atoms with Gasteiger partial charge in [-0.2, -0.15) is 0 Å². The smallest absolute Gasteiger partial charge is 0.193 e. The molecule has 0 aromatic heterocycles.